The van der Waals surface area contributed by atoms with Crippen LogP contribution in [0.25, 0.3) is 10.8 Å². The van der Waals surface area contributed by atoms with Gasteiger partial charge < -0.3 is 38.1 Å². The summed E-state index contributed by atoms with van der Waals surface area (Å²) in [4.78, 5) is 43.8. The van der Waals surface area contributed by atoms with Gasteiger partial charge in [0, 0.05) is 42.4 Å². The van der Waals surface area contributed by atoms with Crippen LogP contribution >= 0.6 is 0 Å². The molecule has 18 heteroatoms. The molecule has 2 unspecified atom stereocenters. The lowest BCUT2D eigenvalue weighted by molar-refractivity contribution is -0.145. The molecule has 0 aliphatic heterocycles. The number of ether oxygens (including phenoxy) is 3. The third kappa shape index (κ3) is 20.5. The molecule has 5 rings (SSSR count). The SMILES string of the molecule is CC(C)(C)OC(=O)NCC(C(=O)Nc1ccc2cnccc2c1)c1ccc(COC(=O)CCC/C=C\C[C@@H]2[C@@H](/C=C/C(COc3cccc(C(F)(F)F)c3)O[Si](C)(C)C(C)(C)C)[C@H](O[Si](C)(C)C(C)(C)C)C[C@@H]2O[Si](C)(C)C(C)(C)C)cc1. The zero-order chi connectivity index (χ0) is 62.0. The summed E-state index contributed by atoms with van der Waals surface area (Å²) >= 11 is 0. The topological polar surface area (TPSA) is 144 Å². The van der Waals surface area contributed by atoms with Crippen LogP contribution in [0, 0.1) is 11.8 Å². The van der Waals surface area contributed by atoms with Crippen LogP contribution in [0.3, 0.4) is 0 Å². The summed E-state index contributed by atoms with van der Waals surface area (Å²) in [6.45, 7) is 38.8. The van der Waals surface area contributed by atoms with E-state index in [0.29, 0.717) is 36.9 Å². The largest absolute Gasteiger partial charge is 0.491 e. The van der Waals surface area contributed by atoms with Crippen LogP contribution in [-0.4, -0.2) is 85.0 Å². The van der Waals surface area contributed by atoms with Gasteiger partial charge in [0.25, 0.3) is 0 Å². The summed E-state index contributed by atoms with van der Waals surface area (Å²) in [6.07, 6.45) is 8.94. The van der Waals surface area contributed by atoms with Crippen molar-refractivity contribution in [2.75, 3.05) is 18.5 Å². The summed E-state index contributed by atoms with van der Waals surface area (Å²) < 4.78 is 80.3. The number of aromatic nitrogens is 1. The van der Waals surface area contributed by atoms with Gasteiger partial charge in [-0.15, -0.1) is 0 Å². The summed E-state index contributed by atoms with van der Waals surface area (Å²) in [5, 5.41) is 7.36. The molecule has 83 heavy (non-hydrogen) atoms. The second-order valence-electron chi connectivity index (χ2n) is 27.8. The first kappa shape index (κ1) is 68.7. The van der Waals surface area contributed by atoms with E-state index < -0.39 is 60.4 Å². The van der Waals surface area contributed by atoms with Gasteiger partial charge in [0.15, 0.2) is 25.0 Å². The average molecular weight is 1200 g/mol. The molecule has 1 saturated carbocycles. The second kappa shape index (κ2) is 27.9. The number of nitrogens with zero attached hydrogens (tertiary/aromatic N) is 1. The smallest absolute Gasteiger partial charge is 0.416 e. The summed E-state index contributed by atoms with van der Waals surface area (Å²) in [7, 11) is -7.01. The van der Waals surface area contributed by atoms with Gasteiger partial charge in [0.2, 0.25) is 5.91 Å². The van der Waals surface area contributed by atoms with Crippen molar-refractivity contribution >= 4 is 59.4 Å². The highest BCUT2D eigenvalue weighted by molar-refractivity contribution is 6.75. The van der Waals surface area contributed by atoms with Crippen LogP contribution in [0.4, 0.5) is 23.7 Å². The van der Waals surface area contributed by atoms with Crippen molar-refractivity contribution < 1.29 is 55.0 Å². The Morgan fingerprint density at radius 3 is 2.00 bits per heavy atom. The number of halogens is 3. The van der Waals surface area contributed by atoms with E-state index in [2.05, 4.69) is 142 Å². The predicted octanol–water partition coefficient (Wildman–Crippen LogP) is 17.1. The molecule has 1 fully saturated rings. The standard InChI is InChI=1S/C65H96F3N3O9Si3/c1-61(2,3)77-60(74)70-42-55(59(73)71-50-33-32-48-41-69-37-36-47(48)38-50)46-30-28-45(29-31-46)43-76-58(72)27-22-20-19-21-26-53-54(57(80-83(17,18)64(10,11)12)40-56(53)79-82(15,16)63(7,8)9)35-34-52(78-81(13,14)62(4,5)6)44-75-51-25-23-24-49(39-51)65(66,67)68/h19,21,23-25,28-39,41,52-57H,20,22,26-27,40,42-44H2,1-18H3,(H,70,74)(H,71,73)/b21-19-,35-34+/t52?,53-,54-,55?,56+,57-/m1/s1. The number of carbonyl (C=O) groups is 3. The number of amides is 2. The lowest BCUT2D eigenvalue weighted by atomic mass is 9.89. The molecule has 1 aliphatic carbocycles. The average Bonchev–Trinajstić information content (AvgIpc) is 3.31. The molecule has 2 amide bonds. The number of benzene rings is 3. The van der Waals surface area contributed by atoms with E-state index in [4.69, 9.17) is 27.5 Å². The number of rotatable bonds is 24. The van der Waals surface area contributed by atoms with Crippen molar-refractivity contribution in [3.05, 3.63) is 126 Å². The highest BCUT2D eigenvalue weighted by Gasteiger charge is 2.51. The fourth-order valence-electron chi connectivity index (χ4n) is 8.98. The Morgan fingerprint density at radius 2 is 1.39 bits per heavy atom. The number of anilines is 1. The minimum absolute atomic E-state index is 0.0163. The first-order chi connectivity index (χ1) is 38.2. The van der Waals surface area contributed by atoms with Gasteiger partial charge >= 0.3 is 18.2 Å². The maximum Gasteiger partial charge on any atom is 0.416 e. The number of nitrogens with one attached hydrogen (secondary N) is 2. The Hall–Kier alpha value is -5.12. The van der Waals surface area contributed by atoms with E-state index in [1.165, 1.54) is 6.07 Å². The van der Waals surface area contributed by atoms with Crippen molar-refractivity contribution in [3.8, 4) is 5.75 Å². The minimum Gasteiger partial charge on any atom is -0.491 e. The highest BCUT2D eigenvalue weighted by atomic mass is 28.4. The van der Waals surface area contributed by atoms with Crippen molar-refractivity contribution in [2.24, 2.45) is 11.8 Å². The zero-order valence-electron chi connectivity index (χ0n) is 52.8. The molecule has 4 aromatic rings. The summed E-state index contributed by atoms with van der Waals surface area (Å²) in [5.74, 6) is -1.35. The number of fused-ring (bicyclic) bond motifs is 1. The van der Waals surface area contributed by atoms with E-state index >= 15 is 0 Å². The van der Waals surface area contributed by atoms with E-state index in [0.717, 1.165) is 28.5 Å². The first-order valence-corrected chi connectivity index (χ1v) is 38.0. The second-order valence-corrected chi connectivity index (χ2v) is 42.1. The first-order valence-electron chi connectivity index (χ1n) is 29.3. The van der Waals surface area contributed by atoms with E-state index in [1.807, 2.05) is 36.4 Å². The number of esters is 1. The number of carbonyl (C=O) groups excluding carboxylic acids is 3. The molecular formula is C65H96F3N3O9Si3. The maximum absolute atomic E-state index is 13.8. The van der Waals surface area contributed by atoms with Gasteiger partial charge in [0.05, 0.1) is 29.8 Å². The van der Waals surface area contributed by atoms with Crippen LogP contribution in [-0.2, 0) is 45.1 Å². The molecule has 1 aliphatic rings. The Balaban J connectivity index is 1.30. The van der Waals surface area contributed by atoms with E-state index in [-0.39, 0.29) is 83.0 Å². The third-order valence-electron chi connectivity index (χ3n) is 16.9. The summed E-state index contributed by atoms with van der Waals surface area (Å²) in [5.41, 5.74) is 0.516. The van der Waals surface area contributed by atoms with Gasteiger partial charge in [-0.2, -0.15) is 13.2 Å². The molecule has 2 N–H and O–H groups in total. The van der Waals surface area contributed by atoms with E-state index in [9.17, 15) is 27.6 Å². The van der Waals surface area contributed by atoms with Gasteiger partial charge in [-0.3, -0.25) is 14.6 Å². The molecule has 3 aromatic carbocycles. The Labute approximate surface area is 496 Å². The fourth-order valence-corrected chi connectivity index (χ4v) is 13.0. The van der Waals surface area contributed by atoms with Crippen LogP contribution in [0.15, 0.2) is 109 Å². The molecule has 0 spiro atoms. The molecule has 1 aromatic heterocycles. The quantitative estimate of drug-likeness (QED) is 0.0301. The number of unbranched alkanes of at least 4 members (excludes halogenated alkanes) is 1. The van der Waals surface area contributed by atoms with Crippen LogP contribution in [0.5, 0.6) is 5.75 Å². The Bertz CT molecular complexity index is 2850. The van der Waals surface area contributed by atoms with Crippen LogP contribution < -0.4 is 15.4 Å². The van der Waals surface area contributed by atoms with Gasteiger partial charge in [-0.05, 0) is 160 Å². The molecule has 0 radical (unpaired) electrons. The Kier molecular flexibility index (Phi) is 23.1. The van der Waals surface area contributed by atoms with Crippen molar-refractivity contribution in [1.29, 1.82) is 0 Å². The molecule has 12 nitrogen and oxygen atoms in total. The molecule has 458 valence electrons. The fraction of sp³-hybridized carbons (Fsp3) is 0.569. The number of pyridine rings is 1. The van der Waals surface area contributed by atoms with Crippen LogP contribution in [0.1, 0.15) is 138 Å². The number of hydrogen-bond donors (Lipinski definition) is 2. The van der Waals surface area contributed by atoms with Gasteiger partial charge in [0.1, 0.15) is 24.6 Å². The van der Waals surface area contributed by atoms with E-state index in [1.54, 1.807) is 51.4 Å². The normalized spacial score (nSPS) is 18.6. The highest BCUT2D eigenvalue weighted by Crippen LogP contribution is 2.48. The maximum atomic E-state index is 13.8. The third-order valence-corrected chi connectivity index (χ3v) is 30.4. The monoisotopic (exact) mass is 1200 g/mol. The van der Waals surface area contributed by atoms with Crippen LogP contribution in [0.2, 0.25) is 54.4 Å². The number of allylic oxidation sites excluding steroid dienone is 2. The summed E-state index contributed by atoms with van der Waals surface area (Å²) in [6, 6.07) is 19.6. The minimum atomic E-state index is -4.51. The molecule has 1 heterocycles. The number of alkyl carbamates (subject to hydrolysis) is 1. The lowest BCUT2D eigenvalue weighted by Crippen LogP contribution is -2.45. The number of hydrogen-bond acceptors (Lipinski definition) is 10. The Morgan fingerprint density at radius 1 is 0.747 bits per heavy atom. The van der Waals surface area contributed by atoms with Crippen molar-refractivity contribution in [1.82, 2.24) is 10.3 Å². The lowest BCUT2D eigenvalue weighted by Gasteiger charge is -2.40. The van der Waals surface area contributed by atoms with Crippen molar-refractivity contribution in [2.45, 2.75) is 212 Å². The predicted molar refractivity (Wildman–Crippen MR) is 335 cm³/mol. The molecule has 6 atom stereocenters. The molecule has 0 saturated heterocycles. The van der Waals surface area contributed by atoms with Crippen molar-refractivity contribution in [3.63, 3.8) is 0 Å². The van der Waals surface area contributed by atoms with Gasteiger partial charge in [-0.25, -0.2) is 4.79 Å². The molecule has 0 bridgehead atoms. The van der Waals surface area contributed by atoms with Gasteiger partial charge in [-0.1, -0.05) is 123 Å². The zero-order valence-corrected chi connectivity index (χ0v) is 55.8. The number of alkyl halides is 3. The molecular weight excluding hydrogens is 1110 g/mol.